The Morgan fingerprint density at radius 1 is 1.14 bits per heavy atom. The molecule has 0 aliphatic rings. The number of ether oxygens (including phenoxy) is 1. The largest absolute Gasteiger partial charge is 0.508 e. The van der Waals surface area contributed by atoms with Crippen LogP contribution in [0.5, 0.6) is 5.75 Å². The van der Waals surface area contributed by atoms with Crippen molar-refractivity contribution in [3.63, 3.8) is 0 Å². The third kappa shape index (κ3) is 7.40. The number of rotatable bonds is 12. The van der Waals surface area contributed by atoms with Gasteiger partial charge in [-0.3, -0.25) is 4.79 Å². The van der Waals surface area contributed by atoms with E-state index in [1.807, 2.05) is 19.1 Å². The van der Waals surface area contributed by atoms with E-state index in [-0.39, 0.29) is 30.8 Å². The Morgan fingerprint density at radius 3 is 2.57 bits per heavy atom. The highest BCUT2D eigenvalue weighted by Gasteiger charge is 2.23. The molecule has 3 atom stereocenters. The van der Waals surface area contributed by atoms with Crippen molar-refractivity contribution >= 4 is 5.78 Å². The summed E-state index contributed by atoms with van der Waals surface area (Å²) >= 11 is 0. The number of hydrogen-bond donors (Lipinski definition) is 4. The van der Waals surface area contributed by atoms with Gasteiger partial charge in [0.25, 0.3) is 0 Å². The molecule has 3 unspecified atom stereocenters. The number of benzene rings is 2. The number of aliphatic hydroxyl groups is 2. The number of aromatic hydroxyl groups is 1. The summed E-state index contributed by atoms with van der Waals surface area (Å²) in [5.74, 6) is -0.0386. The fraction of sp³-hybridized carbons (Fsp3) is 0.409. The zero-order valence-corrected chi connectivity index (χ0v) is 16.1. The highest BCUT2D eigenvalue weighted by atomic mass is 16.5. The van der Waals surface area contributed by atoms with Crippen LogP contribution in [0.2, 0.25) is 0 Å². The van der Waals surface area contributed by atoms with Crippen LogP contribution in [-0.2, 0) is 11.2 Å². The first kappa shape index (κ1) is 22.0. The molecule has 0 aliphatic heterocycles. The van der Waals surface area contributed by atoms with Crippen molar-refractivity contribution in [2.75, 3.05) is 19.8 Å². The van der Waals surface area contributed by atoms with Crippen molar-refractivity contribution < 1.29 is 24.9 Å². The smallest absolute Gasteiger partial charge is 0.191 e. The quantitative estimate of drug-likeness (QED) is 0.415. The van der Waals surface area contributed by atoms with E-state index < -0.39 is 12.2 Å². The van der Waals surface area contributed by atoms with E-state index in [1.165, 1.54) is 0 Å². The molecular weight excluding hydrogens is 358 g/mol. The van der Waals surface area contributed by atoms with E-state index in [0.717, 1.165) is 5.56 Å². The molecule has 0 saturated heterocycles. The Morgan fingerprint density at radius 2 is 1.89 bits per heavy atom. The van der Waals surface area contributed by atoms with Crippen LogP contribution in [-0.4, -0.2) is 59.1 Å². The van der Waals surface area contributed by atoms with Crippen LogP contribution in [0.1, 0.15) is 29.3 Å². The molecule has 0 fully saturated rings. The first-order valence-electron chi connectivity index (χ1n) is 9.50. The molecule has 4 N–H and O–H groups in total. The van der Waals surface area contributed by atoms with Gasteiger partial charge in [-0.2, -0.15) is 0 Å². The van der Waals surface area contributed by atoms with Crippen LogP contribution in [0.3, 0.4) is 0 Å². The number of nitrogens with one attached hydrogen (secondary N) is 1. The first-order valence-corrected chi connectivity index (χ1v) is 9.50. The van der Waals surface area contributed by atoms with Gasteiger partial charge in [0, 0.05) is 31.2 Å². The van der Waals surface area contributed by atoms with Crippen molar-refractivity contribution in [3.05, 3.63) is 65.7 Å². The predicted octanol–water partition coefficient (Wildman–Crippen LogP) is 1.92. The second kappa shape index (κ2) is 11.6. The van der Waals surface area contributed by atoms with E-state index in [2.05, 4.69) is 5.32 Å². The van der Waals surface area contributed by atoms with Crippen LogP contribution >= 0.6 is 0 Å². The Hall–Kier alpha value is -2.25. The topological polar surface area (TPSA) is 99.0 Å². The third-order valence-electron chi connectivity index (χ3n) is 4.44. The summed E-state index contributed by atoms with van der Waals surface area (Å²) in [6, 6.07) is 15.7. The highest BCUT2D eigenvalue weighted by molar-refractivity contribution is 5.99. The SMILES string of the molecule is CC(CCO)NCC(O)COC(Cc1cccc(O)c1)C(=O)c1ccccc1. The van der Waals surface area contributed by atoms with E-state index >= 15 is 0 Å². The lowest BCUT2D eigenvalue weighted by atomic mass is 9.99. The normalized spacial score (nSPS) is 14.4. The molecule has 2 aromatic rings. The van der Waals surface area contributed by atoms with Crippen molar-refractivity contribution in [1.29, 1.82) is 0 Å². The molecule has 0 radical (unpaired) electrons. The summed E-state index contributed by atoms with van der Waals surface area (Å²) in [5.41, 5.74) is 1.32. The second-order valence-corrected chi connectivity index (χ2v) is 6.90. The van der Waals surface area contributed by atoms with Crippen LogP contribution < -0.4 is 5.32 Å². The molecule has 6 nitrogen and oxygen atoms in total. The second-order valence-electron chi connectivity index (χ2n) is 6.90. The van der Waals surface area contributed by atoms with Crippen molar-refractivity contribution in [3.8, 4) is 5.75 Å². The molecule has 6 heteroatoms. The summed E-state index contributed by atoms with van der Waals surface area (Å²) in [4.78, 5) is 12.9. The van der Waals surface area contributed by atoms with E-state index in [9.17, 15) is 15.0 Å². The fourth-order valence-electron chi connectivity index (χ4n) is 2.83. The minimum absolute atomic E-state index is 0.000894. The van der Waals surface area contributed by atoms with Gasteiger partial charge in [0.15, 0.2) is 5.78 Å². The Labute approximate surface area is 165 Å². The zero-order chi connectivity index (χ0) is 20.4. The first-order chi connectivity index (χ1) is 13.5. The van der Waals surface area contributed by atoms with E-state index in [1.54, 1.807) is 42.5 Å². The molecule has 0 amide bonds. The number of ketones is 1. The Kier molecular flexibility index (Phi) is 9.10. The third-order valence-corrected chi connectivity index (χ3v) is 4.44. The van der Waals surface area contributed by atoms with Gasteiger partial charge in [-0.05, 0) is 31.0 Å². The average molecular weight is 387 g/mol. The maximum absolute atomic E-state index is 12.9. The average Bonchev–Trinajstić information content (AvgIpc) is 2.70. The number of phenols is 1. The Bertz CT molecular complexity index is 722. The van der Waals surface area contributed by atoms with Gasteiger partial charge in [0.1, 0.15) is 11.9 Å². The summed E-state index contributed by atoms with van der Waals surface area (Å²) < 4.78 is 5.79. The van der Waals surface area contributed by atoms with Gasteiger partial charge in [-0.25, -0.2) is 0 Å². The van der Waals surface area contributed by atoms with Crippen molar-refractivity contribution in [2.45, 2.75) is 38.0 Å². The van der Waals surface area contributed by atoms with Gasteiger partial charge in [-0.15, -0.1) is 0 Å². The van der Waals surface area contributed by atoms with Crippen LogP contribution in [0, 0.1) is 0 Å². The monoisotopic (exact) mass is 387 g/mol. The number of carbonyl (C=O) groups excluding carboxylic acids is 1. The van der Waals surface area contributed by atoms with Gasteiger partial charge in [0.2, 0.25) is 0 Å². The fourth-order valence-corrected chi connectivity index (χ4v) is 2.83. The van der Waals surface area contributed by atoms with Gasteiger partial charge >= 0.3 is 0 Å². The number of phenolic OH excluding ortho intramolecular Hbond substituents is 1. The summed E-state index contributed by atoms with van der Waals surface area (Å²) in [6.07, 6.45) is -0.659. The van der Waals surface area contributed by atoms with Crippen LogP contribution in [0.4, 0.5) is 0 Å². The molecule has 0 spiro atoms. The maximum Gasteiger partial charge on any atom is 0.191 e. The lowest BCUT2D eigenvalue weighted by Gasteiger charge is -2.21. The Balaban J connectivity index is 2.00. The van der Waals surface area contributed by atoms with Gasteiger partial charge in [-0.1, -0.05) is 42.5 Å². The van der Waals surface area contributed by atoms with Crippen LogP contribution in [0.15, 0.2) is 54.6 Å². The molecule has 28 heavy (non-hydrogen) atoms. The molecule has 152 valence electrons. The molecule has 2 rings (SSSR count). The number of carbonyl (C=O) groups is 1. The van der Waals surface area contributed by atoms with Crippen LogP contribution in [0.25, 0.3) is 0 Å². The number of Topliss-reactive ketones (excluding diaryl/α,β-unsaturated/α-hetero) is 1. The molecular formula is C22H29NO5. The van der Waals surface area contributed by atoms with Crippen molar-refractivity contribution in [2.24, 2.45) is 0 Å². The van der Waals surface area contributed by atoms with Gasteiger partial charge < -0.3 is 25.4 Å². The highest BCUT2D eigenvalue weighted by Crippen LogP contribution is 2.16. The number of hydrogen-bond acceptors (Lipinski definition) is 6. The van der Waals surface area contributed by atoms with E-state index in [0.29, 0.717) is 24.9 Å². The molecule has 0 saturated carbocycles. The lowest BCUT2D eigenvalue weighted by molar-refractivity contribution is -0.00248. The summed E-state index contributed by atoms with van der Waals surface area (Å²) in [6.45, 7) is 2.31. The van der Waals surface area contributed by atoms with E-state index in [4.69, 9.17) is 9.84 Å². The summed E-state index contributed by atoms with van der Waals surface area (Å²) in [7, 11) is 0. The lowest BCUT2D eigenvalue weighted by Crippen LogP contribution is -2.38. The maximum atomic E-state index is 12.9. The van der Waals surface area contributed by atoms with Crippen molar-refractivity contribution in [1.82, 2.24) is 5.32 Å². The minimum atomic E-state index is -0.781. The predicted molar refractivity (Wildman–Crippen MR) is 107 cm³/mol. The standard InChI is InChI=1S/C22H29NO5/c1-16(10-11-24)23-14-20(26)15-28-21(13-17-6-5-9-19(25)12-17)22(27)18-7-3-2-4-8-18/h2-9,12,16,20-21,23-26H,10-11,13-15H2,1H3. The molecule has 0 aliphatic carbocycles. The number of aliphatic hydroxyl groups excluding tert-OH is 2. The molecule has 0 bridgehead atoms. The molecule has 0 aromatic heterocycles. The van der Waals surface area contributed by atoms with Gasteiger partial charge in [0.05, 0.1) is 12.7 Å². The zero-order valence-electron chi connectivity index (χ0n) is 16.1. The molecule has 0 heterocycles. The summed E-state index contributed by atoms with van der Waals surface area (Å²) in [5, 5.41) is 31.9. The minimum Gasteiger partial charge on any atom is -0.508 e. The molecule has 2 aromatic carbocycles.